The maximum Gasteiger partial charge on any atom is 0.322 e. The van der Waals surface area contributed by atoms with E-state index in [2.05, 4.69) is 10.3 Å². The number of nitrogens with zero attached hydrogens (tertiary/aromatic N) is 2. The number of nitrogens with one attached hydrogen (secondary N) is 1. The van der Waals surface area contributed by atoms with Gasteiger partial charge in [0.2, 0.25) is 16.0 Å². The van der Waals surface area contributed by atoms with E-state index in [1.165, 1.54) is 20.2 Å². The number of carboxylic acid groups (broad SMARTS) is 1. The number of carbonyl (C=O) groups is 1. The minimum Gasteiger partial charge on any atom is -0.507 e. The first-order valence-corrected chi connectivity index (χ1v) is 9.58. The molecule has 0 saturated heterocycles. The summed E-state index contributed by atoms with van der Waals surface area (Å²) in [5.74, 6) is -3.83. The molecule has 1 aromatic carbocycles. The van der Waals surface area contributed by atoms with Crippen LogP contribution in [-0.2, 0) is 14.8 Å². The van der Waals surface area contributed by atoms with Gasteiger partial charge in [-0.25, -0.2) is 12.7 Å². The van der Waals surface area contributed by atoms with Crippen LogP contribution in [0.5, 0.6) is 17.2 Å². The molecule has 0 amide bonds. The average Bonchev–Trinajstić information content (AvgIpc) is 2.61. The van der Waals surface area contributed by atoms with Crippen molar-refractivity contribution in [2.45, 2.75) is 4.90 Å². The number of aromatic hydroxyl groups is 1. The molecule has 28 heavy (non-hydrogen) atoms. The van der Waals surface area contributed by atoms with E-state index in [9.17, 15) is 22.7 Å². The zero-order valence-corrected chi connectivity index (χ0v) is 16.7. The monoisotopic (exact) mass is 453 g/mol. The molecule has 0 atom stereocenters. The molecule has 1 heterocycles. The summed E-state index contributed by atoms with van der Waals surface area (Å²) in [7, 11) is -1.46. The van der Waals surface area contributed by atoms with Crippen molar-refractivity contribution in [3.8, 4) is 17.2 Å². The van der Waals surface area contributed by atoms with Gasteiger partial charge in [0.25, 0.3) is 0 Å². The smallest absolute Gasteiger partial charge is 0.322 e. The van der Waals surface area contributed by atoms with Crippen LogP contribution in [0.2, 0.25) is 10.0 Å². The molecule has 0 saturated carbocycles. The van der Waals surface area contributed by atoms with Crippen LogP contribution in [0.15, 0.2) is 23.1 Å². The summed E-state index contributed by atoms with van der Waals surface area (Å²) in [5, 5.41) is 19.9. The topological polar surface area (TPSA) is 129 Å². The Hall–Kier alpha value is -2.34. The summed E-state index contributed by atoms with van der Waals surface area (Å²) in [4.78, 5) is 13.6. The van der Waals surface area contributed by atoms with Gasteiger partial charge in [0.1, 0.15) is 33.0 Å². The predicted molar refractivity (Wildman–Crippen MR) is 99.4 cm³/mol. The van der Waals surface area contributed by atoms with Crippen LogP contribution in [0.1, 0.15) is 0 Å². The SMILES string of the molecule is CN(C)S(=O)(=O)c1cc(Oc2c(Cl)c(F)nc(NCC(=O)O)c2Cl)ccc1O. The molecule has 1 aromatic heterocycles. The molecule has 13 heteroatoms. The van der Waals surface area contributed by atoms with Gasteiger partial charge in [0.05, 0.1) is 0 Å². The van der Waals surface area contributed by atoms with Crippen molar-refractivity contribution in [1.29, 1.82) is 0 Å². The number of sulfonamides is 1. The minimum absolute atomic E-state index is 0.128. The van der Waals surface area contributed by atoms with Crippen LogP contribution in [0, 0.1) is 5.95 Å². The fourth-order valence-electron chi connectivity index (χ4n) is 1.94. The van der Waals surface area contributed by atoms with Gasteiger partial charge in [-0.2, -0.15) is 9.37 Å². The molecule has 0 aliphatic rings. The molecule has 0 spiro atoms. The lowest BCUT2D eigenvalue weighted by Gasteiger charge is -2.16. The largest absolute Gasteiger partial charge is 0.507 e. The Kier molecular flexibility index (Phi) is 6.55. The third-order valence-electron chi connectivity index (χ3n) is 3.31. The highest BCUT2D eigenvalue weighted by Crippen LogP contribution is 2.42. The van der Waals surface area contributed by atoms with Crippen molar-refractivity contribution in [2.75, 3.05) is 26.0 Å². The third kappa shape index (κ3) is 4.55. The van der Waals surface area contributed by atoms with Crippen LogP contribution in [0.25, 0.3) is 0 Å². The van der Waals surface area contributed by atoms with E-state index in [4.69, 9.17) is 33.0 Å². The number of rotatable bonds is 7. The Bertz CT molecular complexity index is 1030. The minimum atomic E-state index is -4.00. The number of hydrogen-bond donors (Lipinski definition) is 3. The number of ether oxygens (including phenoxy) is 1. The molecule has 9 nitrogen and oxygen atoms in total. The number of pyridine rings is 1. The summed E-state index contributed by atoms with van der Waals surface area (Å²) < 4.78 is 44.8. The van der Waals surface area contributed by atoms with Gasteiger partial charge >= 0.3 is 5.97 Å². The fraction of sp³-hybridized carbons (Fsp3) is 0.200. The number of aromatic nitrogens is 1. The molecule has 0 unspecified atom stereocenters. The van der Waals surface area contributed by atoms with E-state index < -0.39 is 49.9 Å². The summed E-state index contributed by atoms with van der Waals surface area (Å²) in [6.45, 7) is -0.600. The van der Waals surface area contributed by atoms with E-state index in [0.29, 0.717) is 0 Å². The maximum atomic E-state index is 14.0. The lowest BCUT2D eigenvalue weighted by molar-refractivity contribution is -0.134. The first-order valence-electron chi connectivity index (χ1n) is 7.38. The molecule has 0 radical (unpaired) electrons. The summed E-state index contributed by atoms with van der Waals surface area (Å²) in [6, 6.07) is 3.27. The van der Waals surface area contributed by atoms with Crippen molar-refractivity contribution >= 4 is 45.0 Å². The molecular weight excluding hydrogens is 440 g/mol. The molecule has 152 valence electrons. The number of phenols is 1. The molecule has 0 aliphatic carbocycles. The van der Waals surface area contributed by atoms with Crippen molar-refractivity contribution in [2.24, 2.45) is 0 Å². The van der Waals surface area contributed by atoms with Crippen LogP contribution in [0.4, 0.5) is 10.2 Å². The second kappa shape index (κ2) is 8.35. The highest BCUT2D eigenvalue weighted by atomic mass is 35.5. The van der Waals surface area contributed by atoms with E-state index in [1.807, 2.05) is 0 Å². The van der Waals surface area contributed by atoms with Gasteiger partial charge in [-0.05, 0) is 12.1 Å². The summed E-state index contributed by atoms with van der Waals surface area (Å²) >= 11 is 11.9. The second-order valence-corrected chi connectivity index (χ2v) is 8.35. The maximum absolute atomic E-state index is 14.0. The van der Waals surface area contributed by atoms with Gasteiger partial charge in [0, 0.05) is 20.2 Å². The van der Waals surface area contributed by atoms with Crippen molar-refractivity contribution < 1.29 is 32.6 Å². The Morgan fingerprint density at radius 3 is 2.54 bits per heavy atom. The Balaban J connectivity index is 2.50. The molecule has 0 aliphatic heterocycles. The number of benzene rings is 1. The zero-order valence-electron chi connectivity index (χ0n) is 14.4. The quantitative estimate of drug-likeness (QED) is 0.545. The number of phenolic OH excluding ortho intramolecular Hbond substituents is 1. The van der Waals surface area contributed by atoms with Gasteiger partial charge in [-0.3, -0.25) is 4.79 Å². The number of anilines is 1. The van der Waals surface area contributed by atoms with Crippen LogP contribution < -0.4 is 10.1 Å². The second-order valence-electron chi connectivity index (χ2n) is 5.47. The molecule has 0 bridgehead atoms. The molecule has 2 aromatic rings. The van der Waals surface area contributed by atoms with E-state index >= 15 is 0 Å². The number of aliphatic carboxylic acids is 1. The number of halogens is 3. The molecular formula is C15H14Cl2FN3O6S. The van der Waals surface area contributed by atoms with E-state index in [1.54, 1.807) is 0 Å². The highest BCUT2D eigenvalue weighted by Gasteiger charge is 2.24. The lowest BCUT2D eigenvalue weighted by atomic mass is 10.3. The van der Waals surface area contributed by atoms with Crippen molar-refractivity contribution in [1.82, 2.24) is 9.29 Å². The summed E-state index contributed by atoms with van der Waals surface area (Å²) in [6.07, 6.45) is 0. The van der Waals surface area contributed by atoms with Crippen LogP contribution in [0.3, 0.4) is 0 Å². The van der Waals surface area contributed by atoms with Gasteiger partial charge < -0.3 is 20.3 Å². The lowest BCUT2D eigenvalue weighted by Crippen LogP contribution is -2.22. The Morgan fingerprint density at radius 1 is 1.32 bits per heavy atom. The van der Waals surface area contributed by atoms with Crippen LogP contribution >= 0.6 is 23.2 Å². The summed E-state index contributed by atoms with van der Waals surface area (Å²) in [5.41, 5.74) is 0. The van der Waals surface area contributed by atoms with Gasteiger partial charge in [-0.1, -0.05) is 23.2 Å². The van der Waals surface area contributed by atoms with Gasteiger partial charge in [-0.15, -0.1) is 0 Å². The fourth-order valence-corrected chi connectivity index (χ4v) is 3.40. The first kappa shape index (κ1) is 22.0. The standard InChI is InChI=1S/C15H14Cl2FN3O6S/c1-21(2)28(25,26)9-5-7(3-4-8(9)22)27-13-11(16)14(18)20-15(12(13)17)19-6-10(23)24/h3-5,22H,6H2,1-2H3,(H,19,20)(H,23,24). The van der Waals surface area contributed by atoms with Crippen molar-refractivity contribution in [3.05, 3.63) is 34.2 Å². The van der Waals surface area contributed by atoms with Crippen LogP contribution in [-0.4, -0.2) is 54.5 Å². The number of hydrogen-bond acceptors (Lipinski definition) is 7. The third-order valence-corrected chi connectivity index (χ3v) is 5.84. The Labute approximate surface area is 169 Å². The average molecular weight is 454 g/mol. The Morgan fingerprint density at radius 2 is 1.96 bits per heavy atom. The molecule has 3 N–H and O–H groups in total. The normalized spacial score (nSPS) is 11.5. The van der Waals surface area contributed by atoms with Crippen molar-refractivity contribution in [3.63, 3.8) is 0 Å². The molecule has 2 rings (SSSR count). The zero-order chi connectivity index (χ0) is 21.2. The molecule has 0 fully saturated rings. The highest BCUT2D eigenvalue weighted by molar-refractivity contribution is 7.89. The predicted octanol–water partition coefficient (Wildman–Crippen LogP) is 2.77. The van der Waals surface area contributed by atoms with E-state index in [0.717, 1.165) is 16.4 Å². The number of carboxylic acids is 1. The first-order chi connectivity index (χ1) is 12.9. The van der Waals surface area contributed by atoms with Gasteiger partial charge in [0.15, 0.2) is 11.6 Å². The van der Waals surface area contributed by atoms with E-state index in [-0.39, 0.29) is 16.6 Å².